The topological polar surface area (TPSA) is 45.5 Å². The fourth-order valence-corrected chi connectivity index (χ4v) is 3.88. The van der Waals surface area contributed by atoms with Crippen LogP contribution >= 0.6 is 11.3 Å². The van der Waals surface area contributed by atoms with Crippen LogP contribution in [-0.2, 0) is 6.54 Å². The zero-order chi connectivity index (χ0) is 18.4. The Morgan fingerprint density at radius 1 is 1.11 bits per heavy atom. The maximum absolute atomic E-state index is 14.0. The highest BCUT2D eigenvalue weighted by atomic mass is 32.1. The molecule has 0 saturated carbocycles. The van der Waals surface area contributed by atoms with E-state index >= 15 is 0 Å². The van der Waals surface area contributed by atoms with Gasteiger partial charge < -0.3 is 4.98 Å². The molecule has 0 spiro atoms. The van der Waals surface area contributed by atoms with Gasteiger partial charge in [0.1, 0.15) is 23.1 Å². The molecule has 3 heterocycles. The molecule has 0 saturated heterocycles. The summed E-state index contributed by atoms with van der Waals surface area (Å²) in [6.45, 7) is 0.602. The quantitative estimate of drug-likeness (QED) is 0.471. The number of nitrogens with zero attached hydrogens (tertiary/aromatic N) is 3. The molecule has 0 aliphatic rings. The molecule has 1 N–H and O–H groups in total. The highest BCUT2D eigenvalue weighted by Crippen LogP contribution is 2.24. The van der Waals surface area contributed by atoms with Gasteiger partial charge in [0.25, 0.3) is 0 Å². The Balaban J connectivity index is 1.50. The van der Waals surface area contributed by atoms with Crippen molar-refractivity contribution < 1.29 is 13.5 Å². The summed E-state index contributed by atoms with van der Waals surface area (Å²) in [5.41, 5.74) is 2.53. The normalized spacial score (nSPS) is 11.5. The van der Waals surface area contributed by atoms with Crippen LogP contribution in [0.25, 0.3) is 32.5 Å². The molecule has 0 radical (unpaired) electrons. The van der Waals surface area contributed by atoms with Crippen LogP contribution in [0, 0.1) is 11.6 Å². The molecule has 0 aliphatic carbocycles. The number of benzene rings is 2. The summed E-state index contributed by atoms with van der Waals surface area (Å²) in [5.74, 6) is -1.53. The van der Waals surface area contributed by atoms with Gasteiger partial charge in [0, 0.05) is 10.3 Å². The van der Waals surface area contributed by atoms with Crippen LogP contribution in [0.15, 0.2) is 60.2 Å². The molecule has 0 aliphatic heterocycles. The third kappa shape index (κ3) is 2.86. The molecular formula is C20H13F2N4S+. The number of nitrogens with one attached hydrogen (secondary N) is 1. The summed E-state index contributed by atoms with van der Waals surface area (Å²) < 4.78 is 30.6. The fraction of sp³-hybridized carbons (Fsp3) is 0.0500. The summed E-state index contributed by atoms with van der Waals surface area (Å²) in [6, 6.07) is 12.5. The number of aromatic nitrogens is 4. The van der Waals surface area contributed by atoms with Crippen molar-refractivity contribution in [2.24, 2.45) is 0 Å². The van der Waals surface area contributed by atoms with Crippen molar-refractivity contribution in [3.63, 3.8) is 0 Å². The molecule has 0 fully saturated rings. The Morgan fingerprint density at radius 3 is 2.96 bits per heavy atom. The van der Waals surface area contributed by atoms with Crippen LogP contribution in [0.1, 0.15) is 5.56 Å². The number of fused-ring (bicyclic) bond motifs is 2. The third-order valence-electron chi connectivity index (χ3n) is 4.44. The summed E-state index contributed by atoms with van der Waals surface area (Å²) in [4.78, 5) is 7.39. The van der Waals surface area contributed by atoms with Crippen LogP contribution in [0.2, 0.25) is 0 Å². The first-order valence-corrected chi connectivity index (χ1v) is 9.21. The van der Waals surface area contributed by atoms with E-state index in [1.807, 2.05) is 6.20 Å². The van der Waals surface area contributed by atoms with E-state index in [4.69, 9.17) is 0 Å². The van der Waals surface area contributed by atoms with Crippen molar-refractivity contribution in [1.82, 2.24) is 15.1 Å². The van der Waals surface area contributed by atoms with E-state index in [-0.39, 0.29) is 11.4 Å². The van der Waals surface area contributed by atoms with Gasteiger partial charge in [0.15, 0.2) is 18.2 Å². The summed E-state index contributed by atoms with van der Waals surface area (Å²) in [5, 5.41) is 7.67. The van der Waals surface area contributed by atoms with Gasteiger partial charge in [-0.1, -0.05) is 16.8 Å². The second-order valence-corrected chi connectivity index (χ2v) is 7.20. The van der Waals surface area contributed by atoms with Crippen LogP contribution < -0.4 is 4.68 Å². The molecule has 4 nitrogen and oxygen atoms in total. The summed E-state index contributed by atoms with van der Waals surface area (Å²) in [6.07, 6.45) is 3.44. The van der Waals surface area contributed by atoms with E-state index < -0.39 is 11.6 Å². The highest BCUT2D eigenvalue weighted by Gasteiger charge is 2.16. The predicted octanol–water partition coefficient (Wildman–Crippen LogP) is 4.45. The summed E-state index contributed by atoms with van der Waals surface area (Å²) >= 11 is 1.71. The molecule has 132 valence electrons. The van der Waals surface area contributed by atoms with E-state index in [9.17, 15) is 8.78 Å². The molecule has 5 rings (SSSR count). The first kappa shape index (κ1) is 16.0. The van der Waals surface area contributed by atoms with Crippen molar-refractivity contribution in [3.8, 4) is 11.4 Å². The number of hydrogen-bond donors (Lipinski definition) is 1. The monoisotopic (exact) mass is 379 g/mol. The highest BCUT2D eigenvalue weighted by molar-refractivity contribution is 7.17. The average molecular weight is 379 g/mol. The molecule has 0 unspecified atom stereocenters. The lowest BCUT2D eigenvalue weighted by molar-refractivity contribution is -0.745. The molecule has 27 heavy (non-hydrogen) atoms. The lowest BCUT2D eigenvalue weighted by atomic mass is 10.2. The number of H-pyrrole nitrogens is 1. The average Bonchev–Trinajstić information content (AvgIpc) is 3.29. The number of hydrogen-bond acceptors (Lipinski definition) is 3. The van der Waals surface area contributed by atoms with E-state index in [1.165, 1.54) is 22.2 Å². The van der Waals surface area contributed by atoms with E-state index in [0.717, 1.165) is 11.6 Å². The molecule has 5 aromatic rings. The van der Waals surface area contributed by atoms with Gasteiger partial charge in [0.2, 0.25) is 6.20 Å². The molecule has 2 aromatic carbocycles. The number of thiophene rings is 1. The zero-order valence-electron chi connectivity index (χ0n) is 14.0. The SMILES string of the molecule is Fc1cccc(-c2nc3cn[n+](Cc4ccc5sccc5c4)cc3[nH]2)c1F. The molecule has 0 atom stereocenters. The van der Waals surface area contributed by atoms with Crippen molar-refractivity contribution >= 4 is 32.5 Å². The van der Waals surface area contributed by atoms with Gasteiger partial charge in [-0.2, -0.15) is 0 Å². The maximum atomic E-state index is 14.0. The standard InChI is InChI=1S/C20H12F2N4S/c21-15-3-1-2-14(19(15)22)20-24-16-9-23-26(11-17(16)25-20)10-12-4-5-18-13(8-12)6-7-27-18/h1-9,11H,10H2/p+1. The Morgan fingerprint density at radius 2 is 2.04 bits per heavy atom. The largest absolute Gasteiger partial charge is 0.333 e. The molecule has 0 amide bonds. The molecule has 0 bridgehead atoms. The first-order chi connectivity index (χ1) is 13.2. The zero-order valence-corrected chi connectivity index (χ0v) is 14.8. The van der Waals surface area contributed by atoms with Crippen LogP contribution in [0.3, 0.4) is 0 Å². The van der Waals surface area contributed by atoms with Gasteiger partial charge in [0.05, 0.1) is 5.56 Å². The van der Waals surface area contributed by atoms with E-state index in [2.05, 4.69) is 44.7 Å². The van der Waals surface area contributed by atoms with Crippen molar-refractivity contribution in [1.29, 1.82) is 0 Å². The Labute approximate surface area is 156 Å². The Bertz CT molecular complexity index is 1290. The predicted molar refractivity (Wildman–Crippen MR) is 100 cm³/mol. The fourth-order valence-electron chi connectivity index (χ4n) is 3.11. The second-order valence-electron chi connectivity index (χ2n) is 6.25. The first-order valence-electron chi connectivity index (χ1n) is 8.33. The lowest BCUT2D eigenvalue weighted by Gasteiger charge is -1.99. The summed E-state index contributed by atoms with van der Waals surface area (Å²) in [7, 11) is 0. The van der Waals surface area contributed by atoms with Crippen LogP contribution in [0.4, 0.5) is 8.78 Å². The van der Waals surface area contributed by atoms with E-state index in [0.29, 0.717) is 17.6 Å². The number of rotatable bonds is 3. The lowest BCUT2D eigenvalue weighted by Crippen LogP contribution is -2.37. The minimum absolute atomic E-state index is 0.0978. The molecule has 3 aromatic heterocycles. The minimum Gasteiger partial charge on any atom is -0.333 e. The number of imidazole rings is 1. The van der Waals surface area contributed by atoms with Gasteiger partial charge >= 0.3 is 0 Å². The van der Waals surface area contributed by atoms with Gasteiger partial charge in [-0.3, -0.25) is 0 Å². The smallest absolute Gasteiger partial charge is 0.222 e. The van der Waals surface area contributed by atoms with Gasteiger partial charge in [-0.15, -0.1) is 11.3 Å². The molecular weight excluding hydrogens is 366 g/mol. The Kier molecular flexibility index (Phi) is 3.68. The Hall–Kier alpha value is -3.19. The van der Waals surface area contributed by atoms with Crippen molar-refractivity contribution in [2.75, 3.05) is 0 Å². The van der Waals surface area contributed by atoms with Crippen molar-refractivity contribution in [2.45, 2.75) is 6.54 Å². The van der Waals surface area contributed by atoms with Crippen LogP contribution in [0.5, 0.6) is 0 Å². The van der Waals surface area contributed by atoms with Crippen molar-refractivity contribution in [3.05, 3.63) is 77.4 Å². The maximum Gasteiger partial charge on any atom is 0.222 e. The second kappa shape index (κ2) is 6.21. The van der Waals surface area contributed by atoms with Crippen LogP contribution in [-0.4, -0.2) is 15.1 Å². The minimum atomic E-state index is -0.915. The third-order valence-corrected chi connectivity index (χ3v) is 5.33. The van der Waals surface area contributed by atoms with Gasteiger partial charge in [-0.25, -0.2) is 13.8 Å². The number of halogens is 2. The molecule has 7 heteroatoms. The van der Waals surface area contributed by atoms with E-state index in [1.54, 1.807) is 22.2 Å². The van der Waals surface area contributed by atoms with Gasteiger partial charge in [-0.05, 0) is 46.2 Å². The number of aromatic amines is 1.